The Kier molecular flexibility index (Phi) is 8.99. The van der Waals surface area contributed by atoms with Gasteiger partial charge in [0.15, 0.2) is 16.6 Å². The van der Waals surface area contributed by atoms with Crippen LogP contribution >= 0.6 is 22.9 Å². The molecule has 3 aromatic rings. The topological polar surface area (TPSA) is 64.1 Å². The van der Waals surface area contributed by atoms with Crippen LogP contribution in [0.25, 0.3) is 10.2 Å². The zero-order valence-electron chi connectivity index (χ0n) is 20.6. The van der Waals surface area contributed by atoms with Crippen LogP contribution in [0.5, 0.6) is 17.2 Å². The van der Waals surface area contributed by atoms with E-state index >= 15 is 0 Å². The lowest BCUT2D eigenvalue weighted by molar-refractivity contribution is 0.0984. The summed E-state index contributed by atoms with van der Waals surface area (Å²) in [5.41, 5.74) is 2.27. The van der Waals surface area contributed by atoms with Crippen LogP contribution in [0.1, 0.15) is 36.7 Å². The summed E-state index contributed by atoms with van der Waals surface area (Å²) in [5.74, 6) is 1.29. The molecule has 0 atom stereocenters. The van der Waals surface area contributed by atoms with Gasteiger partial charge >= 0.3 is 0 Å². The average Bonchev–Trinajstić information content (AvgIpc) is 3.20. The van der Waals surface area contributed by atoms with E-state index in [0.717, 1.165) is 15.8 Å². The molecule has 0 saturated carbocycles. The molecule has 0 radical (unpaired) electrons. The van der Waals surface area contributed by atoms with Gasteiger partial charge in [-0.25, -0.2) is 4.98 Å². The van der Waals surface area contributed by atoms with Crippen LogP contribution in [0.3, 0.4) is 0 Å². The van der Waals surface area contributed by atoms with E-state index in [2.05, 4.69) is 0 Å². The van der Waals surface area contributed by atoms with E-state index in [0.29, 0.717) is 65.9 Å². The van der Waals surface area contributed by atoms with Gasteiger partial charge in [-0.05, 0) is 71.6 Å². The number of fused-ring (bicyclic) bond motifs is 1. The first-order valence-electron chi connectivity index (χ1n) is 11.4. The zero-order chi connectivity index (χ0) is 24.8. The first-order chi connectivity index (χ1) is 16.3. The van der Waals surface area contributed by atoms with Crippen molar-refractivity contribution in [1.82, 2.24) is 9.88 Å². The lowest BCUT2D eigenvalue weighted by Gasteiger charge is -2.23. The second-order valence-corrected chi connectivity index (χ2v) is 9.37. The summed E-state index contributed by atoms with van der Waals surface area (Å²) < 4.78 is 18.4. The van der Waals surface area contributed by atoms with Crippen molar-refractivity contribution in [3.63, 3.8) is 0 Å². The van der Waals surface area contributed by atoms with Crippen molar-refractivity contribution in [1.29, 1.82) is 0 Å². The van der Waals surface area contributed by atoms with Crippen molar-refractivity contribution in [2.45, 2.75) is 27.7 Å². The maximum atomic E-state index is 13.9. The van der Waals surface area contributed by atoms with E-state index in [-0.39, 0.29) is 5.91 Å². The monoisotopic (exact) mass is 505 g/mol. The molecular weight excluding hydrogens is 474 g/mol. The molecule has 0 N–H and O–H groups in total. The van der Waals surface area contributed by atoms with E-state index in [1.165, 1.54) is 11.3 Å². The molecule has 1 heterocycles. The van der Waals surface area contributed by atoms with Gasteiger partial charge in [0, 0.05) is 23.7 Å². The number of rotatable bonds is 11. The molecule has 0 fully saturated rings. The maximum absolute atomic E-state index is 13.9. The smallest absolute Gasteiger partial charge is 0.260 e. The molecule has 0 unspecified atom stereocenters. The van der Waals surface area contributed by atoms with Crippen molar-refractivity contribution in [3.8, 4) is 17.2 Å². The number of thiazole rings is 1. The van der Waals surface area contributed by atoms with E-state index in [9.17, 15) is 4.79 Å². The third-order valence-electron chi connectivity index (χ3n) is 5.04. The molecule has 3 rings (SSSR count). The van der Waals surface area contributed by atoms with Gasteiger partial charge in [0.2, 0.25) is 5.75 Å². The highest BCUT2D eigenvalue weighted by Crippen LogP contribution is 2.40. The number of nitrogens with zero attached hydrogens (tertiary/aromatic N) is 3. The summed E-state index contributed by atoms with van der Waals surface area (Å²) in [6, 6.07) is 7.21. The normalized spacial score (nSPS) is 11.2. The Morgan fingerprint density at radius 2 is 1.59 bits per heavy atom. The number of ether oxygens (including phenoxy) is 3. The van der Waals surface area contributed by atoms with Crippen LogP contribution in [0, 0.1) is 6.92 Å². The van der Waals surface area contributed by atoms with Crippen LogP contribution in [-0.2, 0) is 0 Å². The summed E-state index contributed by atoms with van der Waals surface area (Å²) in [4.78, 5) is 22.4. The second-order valence-electron chi connectivity index (χ2n) is 7.93. The number of amides is 1. The molecule has 1 aromatic heterocycles. The van der Waals surface area contributed by atoms with E-state index < -0.39 is 0 Å². The van der Waals surface area contributed by atoms with Gasteiger partial charge < -0.3 is 19.1 Å². The number of carbonyl (C=O) groups excluding carboxylic acids is 1. The Labute approximate surface area is 210 Å². The number of aryl methyl sites for hydroxylation is 1. The Morgan fingerprint density at radius 3 is 2.15 bits per heavy atom. The average molecular weight is 506 g/mol. The number of benzene rings is 2. The molecule has 0 bridgehead atoms. The van der Waals surface area contributed by atoms with Crippen LogP contribution < -0.4 is 19.1 Å². The van der Waals surface area contributed by atoms with E-state index in [1.54, 1.807) is 17.0 Å². The van der Waals surface area contributed by atoms with Crippen molar-refractivity contribution in [2.24, 2.45) is 0 Å². The highest BCUT2D eigenvalue weighted by atomic mass is 35.5. The van der Waals surface area contributed by atoms with Gasteiger partial charge in [-0.2, -0.15) is 0 Å². The molecule has 0 aliphatic rings. The Bertz CT molecular complexity index is 1120. The second kappa shape index (κ2) is 11.7. The number of likely N-dealkylation sites (N-methyl/N-ethyl adjacent to an activating group) is 1. The molecule has 0 aliphatic heterocycles. The lowest BCUT2D eigenvalue weighted by atomic mass is 10.1. The number of aromatic nitrogens is 1. The van der Waals surface area contributed by atoms with Crippen molar-refractivity contribution in [2.75, 3.05) is 51.9 Å². The molecule has 34 heavy (non-hydrogen) atoms. The first-order valence-corrected chi connectivity index (χ1v) is 12.6. The van der Waals surface area contributed by atoms with Gasteiger partial charge in [-0.1, -0.05) is 22.9 Å². The van der Waals surface area contributed by atoms with Crippen molar-refractivity contribution >= 4 is 44.2 Å². The molecule has 9 heteroatoms. The van der Waals surface area contributed by atoms with Gasteiger partial charge in [-0.15, -0.1) is 0 Å². The van der Waals surface area contributed by atoms with Crippen LogP contribution in [0.4, 0.5) is 5.13 Å². The zero-order valence-corrected chi connectivity index (χ0v) is 22.2. The Hall–Kier alpha value is -2.55. The minimum Gasteiger partial charge on any atom is -0.490 e. The standard InChI is InChI=1S/C25H32ClN3O4S/c1-7-31-19-13-17(14-20(32-8-2)23(19)33-9-3)24(30)29(11-10-28(5)6)25-27-22-16(4)12-18(26)15-21(22)34-25/h12-15H,7-11H2,1-6H3. The van der Waals surface area contributed by atoms with Gasteiger partial charge in [0.25, 0.3) is 5.91 Å². The molecular formula is C25H32ClN3O4S. The van der Waals surface area contributed by atoms with Crippen LogP contribution in [0.15, 0.2) is 24.3 Å². The van der Waals surface area contributed by atoms with Crippen molar-refractivity contribution in [3.05, 3.63) is 40.4 Å². The summed E-state index contributed by atoms with van der Waals surface area (Å²) in [6.07, 6.45) is 0. The minimum absolute atomic E-state index is 0.186. The fourth-order valence-electron chi connectivity index (χ4n) is 3.51. The number of anilines is 1. The van der Waals surface area contributed by atoms with E-state index in [4.69, 9.17) is 30.8 Å². The molecule has 0 spiro atoms. The first kappa shape index (κ1) is 26.1. The Morgan fingerprint density at radius 1 is 0.971 bits per heavy atom. The van der Waals surface area contributed by atoms with Crippen LogP contribution in [0.2, 0.25) is 5.02 Å². The van der Waals surface area contributed by atoms with Crippen molar-refractivity contribution < 1.29 is 19.0 Å². The number of carbonyl (C=O) groups is 1. The molecule has 7 nitrogen and oxygen atoms in total. The SMILES string of the molecule is CCOc1cc(C(=O)N(CCN(C)C)c2nc3c(C)cc(Cl)cc3s2)cc(OCC)c1OCC. The van der Waals surface area contributed by atoms with E-state index in [1.807, 2.05) is 58.8 Å². The molecule has 0 saturated heterocycles. The summed E-state index contributed by atoms with van der Waals surface area (Å²) in [7, 11) is 3.95. The number of hydrogen-bond acceptors (Lipinski definition) is 7. The maximum Gasteiger partial charge on any atom is 0.260 e. The molecule has 2 aromatic carbocycles. The largest absolute Gasteiger partial charge is 0.490 e. The predicted molar refractivity (Wildman–Crippen MR) is 140 cm³/mol. The third kappa shape index (κ3) is 5.92. The molecule has 1 amide bonds. The summed E-state index contributed by atoms with van der Waals surface area (Å²) in [6.45, 7) is 10.1. The lowest BCUT2D eigenvalue weighted by Crippen LogP contribution is -2.36. The highest BCUT2D eigenvalue weighted by Gasteiger charge is 2.25. The van der Waals surface area contributed by atoms with Gasteiger partial charge in [0.05, 0.1) is 30.0 Å². The Balaban J connectivity index is 2.10. The molecule has 184 valence electrons. The predicted octanol–water partition coefficient (Wildman–Crippen LogP) is 5.66. The fourth-order valence-corrected chi connectivity index (χ4v) is 4.95. The van der Waals surface area contributed by atoms with Gasteiger partial charge in [-0.3, -0.25) is 9.69 Å². The molecule has 0 aliphatic carbocycles. The number of halogens is 1. The summed E-state index contributed by atoms with van der Waals surface area (Å²) in [5, 5.41) is 1.28. The van der Waals surface area contributed by atoms with Crippen LogP contribution in [-0.4, -0.2) is 62.8 Å². The van der Waals surface area contributed by atoms with Gasteiger partial charge in [0.1, 0.15) is 0 Å². The number of hydrogen-bond donors (Lipinski definition) is 0. The quantitative estimate of drug-likeness (QED) is 0.335. The fraction of sp³-hybridized carbons (Fsp3) is 0.440. The third-order valence-corrected chi connectivity index (χ3v) is 6.29. The highest BCUT2D eigenvalue weighted by molar-refractivity contribution is 7.22. The minimum atomic E-state index is -0.186. The summed E-state index contributed by atoms with van der Waals surface area (Å²) >= 11 is 7.71.